The second-order valence-corrected chi connectivity index (χ2v) is 5.37. The van der Waals surface area contributed by atoms with Crippen LogP contribution >= 0.6 is 0 Å². The van der Waals surface area contributed by atoms with Crippen molar-refractivity contribution in [2.75, 3.05) is 7.11 Å². The number of hydrogen-bond acceptors (Lipinski definition) is 3. The predicted octanol–water partition coefficient (Wildman–Crippen LogP) is 2.38. The number of ether oxygens (including phenoxy) is 1. The topological polar surface area (TPSA) is 34.1 Å². The molecule has 0 saturated carbocycles. The Morgan fingerprint density at radius 3 is 3.11 bits per heavy atom. The second-order valence-electron chi connectivity index (χ2n) is 5.37. The Morgan fingerprint density at radius 2 is 2.39 bits per heavy atom. The van der Waals surface area contributed by atoms with Crippen molar-refractivity contribution in [3.63, 3.8) is 0 Å². The molecule has 3 unspecified atom stereocenters. The van der Waals surface area contributed by atoms with Crippen molar-refractivity contribution in [1.82, 2.24) is 10.3 Å². The lowest BCUT2D eigenvalue weighted by atomic mass is 9.88. The molecule has 1 aromatic heterocycles. The van der Waals surface area contributed by atoms with E-state index in [1.807, 2.05) is 12.4 Å². The Morgan fingerprint density at radius 1 is 1.44 bits per heavy atom. The minimum absolute atomic E-state index is 0.629. The van der Waals surface area contributed by atoms with Gasteiger partial charge in [-0.1, -0.05) is 12.2 Å². The van der Waals surface area contributed by atoms with Crippen molar-refractivity contribution in [2.24, 2.45) is 5.92 Å². The summed E-state index contributed by atoms with van der Waals surface area (Å²) >= 11 is 0. The first kappa shape index (κ1) is 11.9. The third-order valence-electron chi connectivity index (χ3n) is 4.01. The fourth-order valence-electron chi connectivity index (χ4n) is 3.16. The smallest absolute Gasteiger partial charge is 0.0728 e. The van der Waals surface area contributed by atoms with E-state index in [-0.39, 0.29) is 0 Å². The Hall–Kier alpha value is -1.19. The molecular formula is C15H20N2O. The standard InChI is InChI=1S/C15H20N2O/c1-18-10-12-6-11(8-16-9-12)2-3-13-7-14-4-5-15(13)17-14/h2-3,6,8-9,13-15,17H,4-5,7,10H2,1H3/b3-2-. The fraction of sp³-hybridized carbons (Fsp3) is 0.533. The molecule has 1 aromatic rings. The molecule has 3 atom stereocenters. The molecule has 3 rings (SSSR count). The Bertz CT molecular complexity index is 444. The number of aromatic nitrogens is 1. The maximum absolute atomic E-state index is 5.13. The first-order chi connectivity index (χ1) is 8.85. The van der Waals surface area contributed by atoms with Gasteiger partial charge in [0.2, 0.25) is 0 Å². The van der Waals surface area contributed by atoms with Gasteiger partial charge in [-0.15, -0.1) is 0 Å². The van der Waals surface area contributed by atoms with Crippen LogP contribution in [0.5, 0.6) is 0 Å². The SMILES string of the molecule is COCc1cncc(/C=C\C2CC3CCC2N3)c1. The van der Waals surface area contributed by atoms with Gasteiger partial charge < -0.3 is 10.1 Å². The third-order valence-corrected chi connectivity index (χ3v) is 4.01. The van der Waals surface area contributed by atoms with Crippen LogP contribution in [-0.2, 0) is 11.3 Å². The molecule has 2 fully saturated rings. The van der Waals surface area contributed by atoms with Gasteiger partial charge in [-0.3, -0.25) is 4.98 Å². The monoisotopic (exact) mass is 244 g/mol. The summed E-state index contributed by atoms with van der Waals surface area (Å²) in [5, 5.41) is 3.66. The molecule has 0 aromatic carbocycles. The summed E-state index contributed by atoms with van der Waals surface area (Å²) < 4.78 is 5.13. The number of methoxy groups -OCH3 is 1. The molecule has 1 N–H and O–H groups in total. The summed E-state index contributed by atoms with van der Waals surface area (Å²) in [6.07, 6.45) is 12.3. The number of nitrogens with one attached hydrogen (secondary N) is 1. The van der Waals surface area contributed by atoms with Crippen LogP contribution in [-0.4, -0.2) is 24.2 Å². The number of hydrogen-bond donors (Lipinski definition) is 1. The normalized spacial score (nSPS) is 30.4. The van der Waals surface area contributed by atoms with Gasteiger partial charge in [-0.2, -0.15) is 0 Å². The lowest BCUT2D eigenvalue weighted by molar-refractivity contribution is 0.184. The molecule has 2 aliphatic rings. The van der Waals surface area contributed by atoms with Gasteiger partial charge in [0.15, 0.2) is 0 Å². The van der Waals surface area contributed by atoms with Crippen molar-refractivity contribution < 1.29 is 4.74 Å². The van der Waals surface area contributed by atoms with E-state index in [1.54, 1.807) is 7.11 Å². The Kier molecular flexibility index (Phi) is 3.43. The molecule has 3 heteroatoms. The minimum atomic E-state index is 0.629. The summed E-state index contributed by atoms with van der Waals surface area (Å²) in [7, 11) is 1.71. The van der Waals surface area contributed by atoms with Gasteiger partial charge in [0.05, 0.1) is 6.61 Å². The van der Waals surface area contributed by atoms with Gasteiger partial charge in [0.1, 0.15) is 0 Å². The zero-order chi connectivity index (χ0) is 12.4. The highest BCUT2D eigenvalue weighted by molar-refractivity contribution is 5.49. The van der Waals surface area contributed by atoms with Crippen molar-refractivity contribution in [3.05, 3.63) is 35.7 Å². The zero-order valence-electron chi connectivity index (χ0n) is 10.8. The number of fused-ring (bicyclic) bond motifs is 2. The highest BCUT2D eigenvalue weighted by Crippen LogP contribution is 2.34. The van der Waals surface area contributed by atoms with Crippen molar-refractivity contribution in [1.29, 1.82) is 0 Å². The molecule has 0 spiro atoms. The lowest BCUT2D eigenvalue weighted by Gasteiger charge is -2.15. The van der Waals surface area contributed by atoms with E-state index in [4.69, 9.17) is 4.74 Å². The molecule has 0 aliphatic carbocycles. The van der Waals surface area contributed by atoms with E-state index in [9.17, 15) is 0 Å². The maximum Gasteiger partial charge on any atom is 0.0728 e. The summed E-state index contributed by atoms with van der Waals surface area (Å²) in [6, 6.07) is 3.62. The fourth-order valence-corrected chi connectivity index (χ4v) is 3.16. The highest BCUT2D eigenvalue weighted by Gasteiger charge is 2.37. The summed E-state index contributed by atoms with van der Waals surface area (Å²) in [6.45, 7) is 0.629. The number of rotatable bonds is 4. The van der Waals surface area contributed by atoms with E-state index in [1.165, 1.54) is 24.8 Å². The number of pyridine rings is 1. The molecule has 2 aliphatic heterocycles. The van der Waals surface area contributed by atoms with Crippen LogP contribution in [0, 0.1) is 5.92 Å². The molecule has 2 saturated heterocycles. The molecular weight excluding hydrogens is 224 g/mol. The van der Waals surface area contributed by atoms with Crippen molar-refractivity contribution in [2.45, 2.75) is 38.0 Å². The van der Waals surface area contributed by atoms with Crippen LogP contribution in [0.25, 0.3) is 6.08 Å². The second kappa shape index (κ2) is 5.21. The molecule has 18 heavy (non-hydrogen) atoms. The average molecular weight is 244 g/mol. The molecule has 2 bridgehead atoms. The van der Waals surface area contributed by atoms with E-state index in [0.717, 1.165) is 11.6 Å². The maximum atomic E-state index is 5.13. The minimum Gasteiger partial charge on any atom is -0.380 e. The first-order valence-electron chi connectivity index (χ1n) is 6.72. The highest BCUT2D eigenvalue weighted by atomic mass is 16.5. The van der Waals surface area contributed by atoms with E-state index >= 15 is 0 Å². The molecule has 3 heterocycles. The van der Waals surface area contributed by atoms with Crippen LogP contribution in [0.4, 0.5) is 0 Å². The predicted molar refractivity (Wildman–Crippen MR) is 72.0 cm³/mol. The van der Waals surface area contributed by atoms with E-state index < -0.39 is 0 Å². The molecule has 96 valence electrons. The van der Waals surface area contributed by atoms with Gasteiger partial charge in [0, 0.05) is 31.6 Å². The molecule has 3 nitrogen and oxygen atoms in total. The number of nitrogens with zero attached hydrogens (tertiary/aromatic N) is 1. The lowest BCUT2D eigenvalue weighted by Crippen LogP contribution is -2.21. The quantitative estimate of drug-likeness (QED) is 0.883. The third kappa shape index (κ3) is 2.47. The van der Waals surface area contributed by atoms with Crippen LogP contribution in [0.1, 0.15) is 30.4 Å². The van der Waals surface area contributed by atoms with Gasteiger partial charge in [-0.05, 0) is 42.4 Å². The van der Waals surface area contributed by atoms with Crippen LogP contribution < -0.4 is 5.32 Å². The Balaban J connectivity index is 1.66. The van der Waals surface area contributed by atoms with Crippen LogP contribution in [0.3, 0.4) is 0 Å². The van der Waals surface area contributed by atoms with E-state index in [0.29, 0.717) is 18.6 Å². The first-order valence-corrected chi connectivity index (χ1v) is 6.72. The van der Waals surface area contributed by atoms with Gasteiger partial charge >= 0.3 is 0 Å². The van der Waals surface area contributed by atoms with Gasteiger partial charge in [0.25, 0.3) is 0 Å². The average Bonchev–Trinajstić information content (AvgIpc) is 2.99. The zero-order valence-corrected chi connectivity index (χ0v) is 10.8. The Labute approximate surface area is 108 Å². The van der Waals surface area contributed by atoms with E-state index in [2.05, 4.69) is 28.5 Å². The van der Waals surface area contributed by atoms with Crippen molar-refractivity contribution >= 4 is 6.08 Å². The summed E-state index contributed by atoms with van der Waals surface area (Å²) in [4.78, 5) is 4.25. The van der Waals surface area contributed by atoms with Gasteiger partial charge in [-0.25, -0.2) is 0 Å². The van der Waals surface area contributed by atoms with Crippen LogP contribution in [0.15, 0.2) is 24.5 Å². The van der Waals surface area contributed by atoms with Crippen LogP contribution in [0.2, 0.25) is 0 Å². The molecule has 0 radical (unpaired) electrons. The summed E-state index contributed by atoms with van der Waals surface area (Å²) in [5.74, 6) is 0.704. The molecule has 0 amide bonds. The van der Waals surface area contributed by atoms with Crippen molar-refractivity contribution in [3.8, 4) is 0 Å². The summed E-state index contributed by atoms with van der Waals surface area (Å²) in [5.41, 5.74) is 2.30. The largest absolute Gasteiger partial charge is 0.380 e.